The molecule has 0 atom stereocenters. The molecule has 2 nitrogen and oxygen atoms in total. The van der Waals surface area contributed by atoms with Crippen LogP contribution in [0.1, 0.15) is 0 Å². The summed E-state index contributed by atoms with van der Waals surface area (Å²) < 4.78 is 11.7. The van der Waals surface area contributed by atoms with E-state index in [1.807, 2.05) is 24.3 Å². The number of benzene rings is 1. The van der Waals surface area contributed by atoms with Crippen LogP contribution in [0, 0.1) is 0 Å². The molecule has 0 N–H and O–H groups in total. The van der Waals surface area contributed by atoms with Crippen LogP contribution >= 0.6 is 11.6 Å². The molecule has 0 aromatic heterocycles. The van der Waals surface area contributed by atoms with Crippen molar-refractivity contribution >= 4 is 37.2 Å². The van der Waals surface area contributed by atoms with Crippen LogP contribution in [0.5, 0.6) is 0 Å². The van der Waals surface area contributed by atoms with E-state index in [2.05, 4.69) is 0 Å². The Morgan fingerprint density at radius 3 is 2.00 bits per heavy atom. The first-order valence-electron chi connectivity index (χ1n) is 3.59. The number of hydrogen-bond donors (Lipinski definition) is 0. The van der Waals surface area contributed by atoms with Crippen molar-refractivity contribution < 1.29 is 5.71 Å². The Balaban J connectivity index is 2.80. The third kappa shape index (κ3) is 2.66. The van der Waals surface area contributed by atoms with Crippen LogP contribution in [0.25, 0.3) is 0 Å². The second-order valence-corrected chi connectivity index (χ2v) is 9.28. The average molecular weight is 288 g/mol. The van der Waals surface area contributed by atoms with Crippen molar-refractivity contribution in [1.82, 2.24) is 0 Å². The van der Waals surface area contributed by atoms with Gasteiger partial charge in [0.1, 0.15) is 0 Å². The minimum atomic E-state index is -2.31. The Morgan fingerprint density at radius 2 is 1.58 bits per heavy atom. The summed E-state index contributed by atoms with van der Waals surface area (Å²) in [6.07, 6.45) is 0. The summed E-state index contributed by atoms with van der Waals surface area (Å²) in [6.45, 7) is 0. The molecule has 0 aliphatic carbocycles. The molecule has 0 amide bonds. The van der Waals surface area contributed by atoms with Crippen molar-refractivity contribution in [3.8, 4) is 0 Å². The van der Waals surface area contributed by atoms with E-state index in [9.17, 15) is 0 Å². The molecule has 0 aliphatic rings. The molecule has 1 aromatic rings. The van der Waals surface area contributed by atoms with Crippen LogP contribution in [-0.4, -0.2) is 36.5 Å². The van der Waals surface area contributed by atoms with Crippen molar-refractivity contribution in [3.63, 3.8) is 0 Å². The molecule has 0 saturated heterocycles. The topological polar surface area (TPSA) is 18.5 Å². The summed E-state index contributed by atoms with van der Waals surface area (Å²) in [4.78, 5) is 0. The van der Waals surface area contributed by atoms with Gasteiger partial charge in [-0.05, 0) is 0 Å². The quantitative estimate of drug-likeness (QED) is 0.835. The summed E-state index contributed by atoms with van der Waals surface area (Å²) in [5, 5.41) is 0.746. The predicted molar refractivity (Wildman–Crippen MR) is 50.9 cm³/mol. The van der Waals surface area contributed by atoms with Crippen molar-refractivity contribution in [2.24, 2.45) is 0 Å². The number of halogens is 1. The summed E-state index contributed by atoms with van der Waals surface area (Å²) in [5.74, 6) is 0. The second kappa shape index (κ2) is 5.12. The first-order valence-corrected chi connectivity index (χ1v) is 8.30. The first kappa shape index (κ1) is 10.4. The van der Waals surface area contributed by atoms with Gasteiger partial charge in [-0.1, -0.05) is 0 Å². The summed E-state index contributed by atoms with van der Waals surface area (Å²) in [5.41, 5.74) is 0. The SMILES string of the molecule is C[O][In]([O]C)[c]1ccc(Cl)cc1. The van der Waals surface area contributed by atoms with Crippen molar-refractivity contribution in [2.45, 2.75) is 0 Å². The van der Waals surface area contributed by atoms with Gasteiger partial charge < -0.3 is 0 Å². The first-order chi connectivity index (χ1) is 5.77. The van der Waals surface area contributed by atoms with Crippen LogP contribution in [0.4, 0.5) is 0 Å². The van der Waals surface area contributed by atoms with Gasteiger partial charge in [0.25, 0.3) is 0 Å². The van der Waals surface area contributed by atoms with E-state index >= 15 is 0 Å². The molecule has 64 valence electrons. The molecule has 0 unspecified atom stereocenters. The molecular weight excluding hydrogens is 278 g/mol. The molecule has 1 aromatic carbocycles. The van der Waals surface area contributed by atoms with Crippen LogP contribution in [0.3, 0.4) is 0 Å². The van der Waals surface area contributed by atoms with E-state index in [1.54, 1.807) is 14.2 Å². The molecule has 0 spiro atoms. The maximum atomic E-state index is 5.74. The Kier molecular flexibility index (Phi) is 4.43. The minimum absolute atomic E-state index is 0.746. The van der Waals surface area contributed by atoms with Crippen LogP contribution in [-0.2, 0) is 5.71 Å². The Bertz CT molecular complexity index is 233. The fourth-order valence-corrected chi connectivity index (χ4v) is 4.66. The van der Waals surface area contributed by atoms with E-state index < -0.39 is 22.3 Å². The van der Waals surface area contributed by atoms with Crippen LogP contribution in [0.2, 0.25) is 5.02 Å². The van der Waals surface area contributed by atoms with E-state index in [4.69, 9.17) is 17.3 Å². The molecule has 0 heterocycles. The van der Waals surface area contributed by atoms with Gasteiger partial charge >= 0.3 is 86.4 Å². The third-order valence-corrected chi connectivity index (χ3v) is 6.92. The standard InChI is InChI=1S/C6H4Cl.2CH3O.In/c7-6-4-2-1-3-5-6;2*1-2;/h2-5H;2*1H3;/q;2*-1;+2. The summed E-state index contributed by atoms with van der Waals surface area (Å²) >= 11 is 3.44. The van der Waals surface area contributed by atoms with Gasteiger partial charge in [-0.15, -0.1) is 0 Å². The van der Waals surface area contributed by atoms with Crippen LogP contribution in [0.15, 0.2) is 24.3 Å². The Hall–Kier alpha value is 0.300. The molecule has 12 heavy (non-hydrogen) atoms. The number of hydrogen-bond acceptors (Lipinski definition) is 2. The summed E-state index contributed by atoms with van der Waals surface area (Å²) in [7, 11) is 3.39. The van der Waals surface area contributed by atoms with Gasteiger partial charge in [-0.2, -0.15) is 0 Å². The zero-order valence-electron chi connectivity index (χ0n) is 7.08. The van der Waals surface area contributed by atoms with Gasteiger partial charge in [0.2, 0.25) is 0 Å². The molecule has 0 radical (unpaired) electrons. The Labute approximate surface area is 86.2 Å². The second-order valence-electron chi connectivity index (χ2n) is 2.35. The van der Waals surface area contributed by atoms with E-state index in [1.165, 1.54) is 3.32 Å². The van der Waals surface area contributed by atoms with E-state index in [-0.39, 0.29) is 0 Å². The average Bonchev–Trinajstić information content (AvgIpc) is 2.10. The molecule has 0 aliphatic heterocycles. The summed E-state index contributed by atoms with van der Waals surface area (Å²) in [6, 6.07) is 7.66. The van der Waals surface area contributed by atoms with Crippen LogP contribution < -0.4 is 3.32 Å². The zero-order valence-corrected chi connectivity index (χ0v) is 11.1. The fraction of sp³-hybridized carbons (Fsp3) is 0.250. The van der Waals surface area contributed by atoms with E-state index in [0.29, 0.717) is 0 Å². The zero-order chi connectivity index (χ0) is 8.97. The van der Waals surface area contributed by atoms with Gasteiger partial charge in [-0.3, -0.25) is 0 Å². The van der Waals surface area contributed by atoms with Gasteiger partial charge in [0.15, 0.2) is 0 Å². The Morgan fingerprint density at radius 1 is 1.08 bits per heavy atom. The van der Waals surface area contributed by atoms with Gasteiger partial charge in [-0.25, -0.2) is 0 Å². The third-order valence-electron chi connectivity index (χ3n) is 1.57. The normalized spacial score (nSPS) is 9.92. The molecule has 0 bridgehead atoms. The molecule has 0 fully saturated rings. The molecule has 1 rings (SSSR count). The molecule has 0 saturated carbocycles. The fourth-order valence-electron chi connectivity index (χ4n) is 0.988. The van der Waals surface area contributed by atoms with E-state index in [0.717, 1.165) is 5.02 Å². The van der Waals surface area contributed by atoms with Crippen molar-refractivity contribution in [1.29, 1.82) is 0 Å². The monoisotopic (exact) mass is 288 g/mol. The maximum absolute atomic E-state index is 5.74. The number of rotatable bonds is 3. The molecule has 4 heteroatoms. The predicted octanol–water partition coefficient (Wildman–Crippen LogP) is 1.33. The molecular formula is C8H10ClInO2. The van der Waals surface area contributed by atoms with Gasteiger partial charge in [0.05, 0.1) is 0 Å². The van der Waals surface area contributed by atoms with Gasteiger partial charge in [0, 0.05) is 0 Å². The van der Waals surface area contributed by atoms with Crippen molar-refractivity contribution in [2.75, 3.05) is 14.2 Å². The van der Waals surface area contributed by atoms with Crippen molar-refractivity contribution in [3.05, 3.63) is 29.3 Å².